The molecule has 0 radical (unpaired) electrons. The monoisotopic (exact) mass is 311 g/mol. The third-order valence-corrected chi connectivity index (χ3v) is 4.53. The Bertz CT molecular complexity index is 453. The Hall–Kier alpha value is -1.20. The van der Waals surface area contributed by atoms with Crippen LogP contribution in [0.25, 0.3) is 0 Å². The highest BCUT2D eigenvalue weighted by atomic mass is 32.2. The minimum absolute atomic E-state index is 0.616. The van der Waals surface area contributed by atoms with Crippen LogP contribution in [0.3, 0.4) is 0 Å². The number of aliphatic carboxylic acids is 1. The average Bonchev–Trinajstić information content (AvgIpc) is 2.49. The van der Waals surface area contributed by atoms with Crippen LogP contribution in [0.15, 0.2) is 29.2 Å². The van der Waals surface area contributed by atoms with Crippen molar-refractivity contribution < 1.29 is 14.6 Å². The molecule has 0 aromatic heterocycles. The summed E-state index contributed by atoms with van der Waals surface area (Å²) in [5.74, 6) is 0.961. The molecule has 0 bridgehead atoms. The van der Waals surface area contributed by atoms with E-state index >= 15 is 0 Å². The Morgan fingerprint density at radius 3 is 2.76 bits per heavy atom. The number of rotatable bonds is 10. The van der Waals surface area contributed by atoms with E-state index in [4.69, 9.17) is 4.74 Å². The summed E-state index contributed by atoms with van der Waals surface area (Å²) in [6.07, 6.45) is 2.38. The van der Waals surface area contributed by atoms with Crippen molar-refractivity contribution in [1.82, 2.24) is 5.32 Å². The summed E-state index contributed by atoms with van der Waals surface area (Å²) in [4.78, 5) is 12.5. The molecule has 1 rings (SSSR count). The van der Waals surface area contributed by atoms with Gasteiger partial charge in [0.25, 0.3) is 0 Å². The standard InChI is InChI=1S/C16H25NO3S/c1-4-11-17-16(2,15(18)19)10-7-12-21-14-9-6-5-8-13(14)20-3/h5-6,8-9,17H,4,7,10-12H2,1-3H3,(H,18,19). The molecule has 0 saturated heterocycles. The molecule has 0 spiro atoms. The largest absolute Gasteiger partial charge is 0.496 e. The molecule has 1 aromatic carbocycles. The van der Waals surface area contributed by atoms with Crippen molar-refractivity contribution >= 4 is 17.7 Å². The highest BCUT2D eigenvalue weighted by molar-refractivity contribution is 7.99. The van der Waals surface area contributed by atoms with E-state index < -0.39 is 11.5 Å². The van der Waals surface area contributed by atoms with Gasteiger partial charge < -0.3 is 15.2 Å². The fraction of sp³-hybridized carbons (Fsp3) is 0.562. The molecule has 1 aromatic rings. The van der Waals surface area contributed by atoms with Crippen molar-refractivity contribution in [3.63, 3.8) is 0 Å². The van der Waals surface area contributed by atoms with Gasteiger partial charge in [-0.1, -0.05) is 19.1 Å². The maximum absolute atomic E-state index is 11.4. The van der Waals surface area contributed by atoms with E-state index in [1.54, 1.807) is 25.8 Å². The molecule has 4 nitrogen and oxygen atoms in total. The van der Waals surface area contributed by atoms with Crippen LogP contribution in [0.5, 0.6) is 5.75 Å². The molecule has 0 amide bonds. The number of nitrogens with one attached hydrogen (secondary N) is 1. The van der Waals surface area contributed by atoms with Crippen LogP contribution in [-0.4, -0.2) is 36.0 Å². The van der Waals surface area contributed by atoms with Gasteiger partial charge in [0.05, 0.1) is 7.11 Å². The van der Waals surface area contributed by atoms with Crippen LogP contribution in [0, 0.1) is 0 Å². The second-order valence-corrected chi connectivity index (χ2v) is 6.30. The Morgan fingerprint density at radius 2 is 2.14 bits per heavy atom. The summed E-state index contributed by atoms with van der Waals surface area (Å²) in [6, 6.07) is 7.88. The summed E-state index contributed by atoms with van der Waals surface area (Å²) in [5.41, 5.74) is -0.836. The second-order valence-electron chi connectivity index (χ2n) is 5.17. The lowest BCUT2D eigenvalue weighted by Crippen LogP contribution is -2.49. The minimum atomic E-state index is -0.836. The number of ether oxygens (including phenoxy) is 1. The van der Waals surface area contributed by atoms with Gasteiger partial charge in [0, 0.05) is 4.90 Å². The van der Waals surface area contributed by atoms with E-state index in [-0.39, 0.29) is 0 Å². The molecule has 1 unspecified atom stereocenters. The zero-order valence-electron chi connectivity index (χ0n) is 13.0. The fourth-order valence-electron chi connectivity index (χ4n) is 2.02. The third-order valence-electron chi connectivity index (χ3n) is 3.38. The predicted molar refractivity (Wildman–Crippen MR) is 87.3 cm³/mol. The van der Waals surface area contributed by atoms with Crippen molar-refractivity contribution in [2.24, 2.45) is 0 Å². The Balaban J connectivity index is 2.46. The highest BCUT2D eigenvalue weighted by Gasteiger charge is 2.31. The maximum Gasteiger partial charge on any atom is 0.323 e. The Kier molecular flexibility index (Phi) is 7.61. The summed E-state index contributed by atoms with van der Waals surface area (Å²) < 4.78 is 5.31. The first-order chi connectivity index (χ1) is 10.0. The van der Waals surface area contributed by atoms with Crippen LogP contribution in [0.4, 0.5) is 0 Å². The van der Waals surface area contributed by atoms with Crippen LogP contribution < -0.4 is 10.1 Å². The van der Waals surface area contributed by atoms with E-state index in [1.165, 1.54) is 0 Å². The second kappa shape index (κ2) is 8.95. The first-order valence-corrected chi connectivity index (χ1v) is 8.26. The Morgan fingerprint density at radius 1 is 1.43 bits per heavy atom. The molecular weight excluding hydrogens is 286 g/mol. The van der Waals surface area contributed by atoms with Crippen molar-refractivity contribution in [1.29, 1.82) is 0 Å². The SMILES string of the molecule is CCCNC(C)(CCCSc1ccccc1OC)C(=O)O. The molecule has 0 heterocycles. The van der Waals surface area contributed by atoms with E-state index in [0.29, 0.717) is 6.42 Å². The van der Waals surface area contributed by atoms with Gasteiger partial charge in [-0.05, 0) is 50.6 Å². The molecule has 1 atom stereocenters. The molecule has 0 aliphatic carbocycles. The molecule has 0 saturated carbocycles. The first kappa shape index (κ1) is 17.9. The highest BCUT2D eigenvalue weighted by Crippen LogP contribution is 2.29. The van der Waals surface area contributed by atoms with Crippen LogP contribution >= 0.6 is 11.8 Å². The lowest BCUT2D eigenvalue weighted by Gasteiger charge is -2.26. The molecule has 0 aliphatic rings. The quantitative estimate of drug-likeness (QED) is 0.512. The number of para-hydroxylation sites is 1. The normalized spacial score (nSPS) is 13.7. The van der Waals surface area contributed by atoms with Crippen molar-refractivity contribution in [2.75, 3.05) is 19.4 Å². The minimum Gasteiger partial charge on any atom is -0.496 e. The van der Waals surface area contributed by atoms with Crippen LogP contribution in [0.1, 0.15) is 33.1 Å². The zero-order valence-corrected chi connectivity index (χ0v) is 13.8. The molecule has 118 valence electrons. The number of carboxylic acid groups (broad SMARTS) is 1. The predicted octanol–water partition coefficient (Wildman–Crippen LogP) is 3.41. The fourth-order valence-corrected chi connectivity index (χ4v) is 2.99. The number of thioether (sulfide) groups is 1. The zero-order chi connectivity index (χ0) is 15.7. The van der Waals surface area contributed by atoms with Gasteiger partial charge in [-0.3, -0.25) is 4.79 Å². The van der Waals surface area contributed by atoms with Crippen molar-refractivity contribution in [3.8, 4) is 5.75 Å². The third kappa shape index (κ3) is 5.59. The topological polar surface area (TPSA) is 58.6 Å². The maximum atomic E-state index is 11.4. The van der Waals surface area contributed by atoms with E-state index in [2.05, 4.69) is 5.32 Å². The number of hydrogen-bond donors (Lipinski definition) is 2. The van der Waals surface area contributed by atoms with Gasteiger partial charge in [-0.2, -0.15) is 0 Å². The number of carbonyl (C=O) groups is 1. The molecule has 21 heavy (non-hydrogen) atoms. The van der Waals surface area contributed by atoms with E-state index in [9.17, 15) is 9.90 Å². The van der Waals surface area contributed by atoms with E-state index in [0.717, 1.165) is 35.8 Å². The molecule has 5 heteroatoms. The summed E-state index contributed by atoms with van der Waals surface area (Å²) in [5, 5.41) is 12.5. The van der Waals surface area contributed by atoms with Gasteiger partial charge >= 0.3 is 5.97 Å². The lowest BCUT2D eigenvalue weighted by molar-refractivity contribution is -0.144. The summed E-state index contributed by atoms with van der Waals surface area (Å²) in [7, 11) is 1.66. The van der Waals surface area contributed by atoms with Gasteiger partial charge in [-0.15, -0.1) is 11.8 Å². The number of hydrogen-bond acceptors (Lipinski definition) is 4. The van der Waals surface area contributed by atoms with Gasteiger partial charge in [0.1, 0.15) is 11.3 Å². The smallest absolute Gasteiger partial charge is 0.323 e. The number of benzene rings is 1. The summed E-state index contributed by atoms with van der Waals surface area (Å²) in [6.45, 7) is 4.52. The average molecular weight is 311 g/mol. The van der Waals surface area contributed by atoms with Crippen LogP contribution in [0.2, 0.25) is 0 Å². The summed E-state index contributed by atoms with van der Waals surface area (Å²) >= 11 is 1.70. The molecule has 2 N–H and O–H groups in total. The lowest BCUT2D eigenvalue weighted by atomic mass is 9.96. The molecule has 0 fully saturated rings. The number of carboxylic acids is 1. The first-order valence-electron chi connectivity index (χ1n) is 7.27. The molecule has 0 aliphatic heterocycles. The van der Waals surface area contributed by atoms with Gasteiger partial charge in [0.15, 0.2) is 0 Å². The van der Waals surface area contributed by atoms with Crippen LogP contribution in [-0.2, 0) is 4.79 Å². The number of methoxy groups -OCH3 is 1. The molecular formula is C16H25NO3S. The van der Waals surface area contributed by atoms with Gasteiger partial charge in [0.2, 0.25) is 0 Å². The van der Waals surface area contributed by atoms with Gasteiger partial charge in [-0.25, -0.2) is 0 Å². The van der Waals surface area contributed by atoms with Crippen molar-refractivity contribution in [3.05, 3.63) is 24.3 Å². The van der Waals surface area contributed by atoms with Crippen molar-refractivity contribution in [2.45, 2.75) is 43.5 Å². The van der Waals surface area contributed by atoms with E-state index in [1.807, 2.05) is 31.2 Å². The Labute approximate surface area is 131 Å².